The zero-order valence-electron chi connectivity index (χ0n) is 14.7. The van der Waals surface area contributed by atoms with Crippen molar-refractivity contribution in [2.24, 2.45) is 12.5 Å². The van der Waals surface area contributed by atoms with Gasteiger partial charge in [-0.15, -0.1) is 10.2 Å². The van der Waals surface area contributed by atoms with Gasteiger partial charge >= 0.3 is 0 Å². The maximum atomic E-state index is 9.13. The zero-order valence-corrected chi connectivity index (χ0v) is 14.7. The van der Waals surface area contributed by atoms with Crippen LogP contribution in [-0.2, 0) is 13.6 Å². The van der Waals surface area contributed by atoms with Crippen molar-refractivity contribution in [3.8, 4) is 11.4 Å². The Balaban J connectivity index is 2.15. The second kappa shape index (κ2) is 7.70. The zero-order chi connectivity index (χ0) is 16.9. The first-order valence-electron chi connectivity index (χ1n) is 8.17. The highest BCUT2D eigenvalue weighted by atomic mass is 16.3. The Morgan fingerprint density at radius 2 is 1.83 bits per heavy atom. The summed E-state index contributed by atoms with van der Waals surface area (Å²) in [5.41, 5.74) is 1.28. The summed E-state index contributed by atoms with van der Waals surface area (Å²) < 4.78 is 2.06. The van der Waals surface area contributed by atoms with E-state index >= 15 is 0 Å². The summed E-state index contributed by atoms with van der Waals surface area (Å²) in [5.74, 6) is 1.84. The van der Waals surface area contributed by atoms with Gasteiger partial charge in [0.05, 0.1) is 6.54 Å². The Hall–Kier alpha value is -1.72. The van der Waals surface area contributed by atoms with E-state index in [4.69, 9.17) is 5.11 Å². The topological polar surface area (TPSA) is 54.2 Å². The fourth-order valence-corrected chi connectivity index (χ4v) is 2.72. The van der Waals surface area contributed by atoms with Gasteiger partial charge in [0.2, 0.25) is 0 Å². The third kappa shape index (κ3) is 5.15. The smallest absolute Gasteiger partial charge is 0.163 e. The van der Waals surface area contributed by atoms with Gasteiger partial charge in [0.25, 0.3) is 0 Å². The first-order valence-corrected chi connectivity index (χ1v) is 8.17. The molecule has 1 N–H and O–H groups in total. The van der Waals surface area contributed by atoms with Gasteiger partial charge in [-0.25, -0.2) is 0 Å². The molecule has 0 saturated carbocycles. The van der Waals surface area contributed by atoms with Crippen molar-refractivity contribution in [3.63, 3.8) is 0 Å². The lowest BCUT2D eigenvalue weighted by Gasteiger charge is -2.29. The summed E-state index contributed by atoms with van der Waals surface area (Å²) in [4.78, 5) is 2.34. The van der Waals surface area contributed by atoms with E-state index < -0.39 is 0 Å². The largest absolute Gasteiger partial charge is 0.396 e. The lowest BCUT2D eigenvalue weighted by molar-refractivity contribution is 0.161. The number of aromatic nitrogens is 3. The SMILES string of the molecule is Cn1c(CN(CCCO)CC(C)(C)C)nnc1-c1ccccc1. The summed E-state index contributed by atoms with van der Waals surface area (Å²) in [6.07, 6.45) is 0.777. The third-order valence-corrected chi connectivity index (χ3v) is 3.69. The molecule has 23 heavy (non-hydrogen) atoms. The molecular formula is C18H28N4O. The van der Waals surface area contributed by atoms with Crippen LogP contribution < -0.4 is 0 Å². The van der Waals surface area contributed by atoms with E-state index in [0.29, 0.717) is 0 Å². The molecular weight excluding hydrogens is 288 g/mol. The van der Waals surface area contributed by atoms with Gasteiger partial charge in [0.1, 0.15) is 5.82 Å². The first-order chi connectivity index (χ1) is 10.9. The molecule has 0 radical (unpaired) electrons. The molecule has 0 aliphatic heterocycles. The van der Waals surface area contributed by atoms with Crippen LogP contribution in [0, 0.1) is 5.41 Å². The van der Waals surface area contributed by atoms with Crippen molar-refractivity contribution in [2.75, 3.05) is 19.7 Å². The van der Waals surface area contributed by atoms with Crippen LogP contribution in [0.5, 0.6) is 0 Å². The molecule has 0 saturated heterocycles. The number of aliphatic hydroxyl groups is 1. The number of hydrogen-bond acceptors (Lipinski definition) is 4. The van der Waals surface area contributed by atoms with E-state index in [9.17, 15) is 0 Å². The second-order valence-corrected chi connectivity index (χ2v) is 7.21. The number of benzene rings is 1. The van der Waals surface area contributed by atoms with Gasteiger partial charge in [-0.3, -0.25) is 4.90 Å². The van der Waals surface area contributed by atoms with Gasteiger partial charge in [-0.05, 0) is 11.8 Å². The van der Waals surface area contributed by atoms with Crippen LogP contribution in [-0.4, -0.2) is 44.5 Å². The highest BCUT2D eigenvalue weighted by molar-refractivity contribution is 5.54. The predicted molar refractivity (Wildman–Crippen MR) is 92.9 cm³/mol. The lowest BCUT2D eigenvalue weighted by Crippen LogP contribution is -2.34. The summed E-state index contributed by atoms with van der Waals surface area (Å²) in [7, 11) is 2.01. The van der Waals surface area contributed by atoms with Gasteiger partial charge in [0.15, 0.2) is 5.82 Å². The highest BCUT2D eigenvalue weighted by Gasteiger charge is 2.19. The first kappa shape index (κ1) is 17.6. The molecule has 2 rings (SSSR count). The molecule has 5 heteroatoms. The van der Waals surface area contributed by atoms with Crippen molar-refractivity contribution in [1.82, 2.24) is 19.7 Å². The number of hydrogen-bond donors (Lipinski definition) is 1. The van der Waals surface area contributed by atoms with Gasteiger partial charge in [0, 0.05) is 32.3 Å². The van der Waals surface area contributed by atoms with E-state index in [1.54, 1.807) is 0 Å². The molecule has 126 valence electrons. The standard InChI is InChI=1S/C18H28N4O/c1-18(2,3)14-22(11-8-12-23)13-16-19-20-17(21(16)4)15-9-6-5-7-10-15/h5-7,9-10,23H,8,11-14H2,1-4H3. The Labute approximate surface area is 139 Å². The van der Waals surface area contributed by atoms with Crippen LogP contribution in [0.4, 0.5) is 0 Å². The summed E-state index contributed by atoms with van der Waals surface area (Å²) in [6.45, 7) is 9.46. The fourth-order valence-electron chi connectivity index (χ4n) is 2.72. The maximum absolute atomic E-state index is 9.13. The van der Waals surface area contributed by atoms with Crippen LogP contribution in [0.3, 0.4) is 0 Å². The number of rotatable bonds is 7. The minimum absolute atomic E-state index is 0.205. The van der Waals surface area contributed by atoms with E-state index in [2.05, 4.69) is 40.4 Å². The fraction of sp³-hybridized carbons (Fsp3) is 0.556. The van der Waals surface area contributed by atoms with Gasteiger partial charge < -0.3 is 9.67 Å². The average molecular weight is 316 g/mol. The summed E-state index contributed by atoms with van der Waals surface area (Å²) >= 11 is 0. The molecule has 0 spiro atoms. The van der Waals surface area contributed by atoms with E-state index in [0.717, 1.165) is 43.3 Å². The molecule has 1 heterocycles. The quantitative estimate of drug-likeness (QED) is 0.853. The minimum Gasteiger partial charge on any atom is -0.396 e. The molecule has 1 aromatic heterocycles. The Morgan fingerprint density at radius 1 is 1.13 bits per heavy atom. The third-order valence-electron chi connectivity index (χ3n) is 3.69. The van der Waals surface area contributed by atoms with Crippen molar-refractivity contribution in [1.29, 1.82) is 0 Å². The van der Waals surface area contributed by atoms with Crippen LogP contribution in [0.25, 0.3) is 11.4 Å². The molecule has 2 aromatic rings. The summed E-state index contributed by atoms with van der Waals surface area (Å²) in [6, 6.07) is 10.1. The van der Waals surface area contributed by atoms with E-state index in [-0.39, 0.29) is 12.0 Å². The summed E-state index contributed by atoms with van der Waals surface area (Å²) in [5, 5.41) is 17.9. The normalized spacial score (nSPS) is 12.1. The number of aliphatic hydroxyl groups excluding tert-OH is 1. The van der Waals surface area contributed by atoms with Crippen molar-refractivity contribution >= 4 is 0 Å². The average Bonchev–Trinajstić information content (AvgIpc) is 2.85. The highest BCUT2D eigenvalue weighted by Crippen LogP contribution is 2.20. The molecule has 0 atom stereocenters. The van der Waals surface area contributed by atoms with Crippen LogP contribution in [0.2, 0.25) is 0 Å². The van der Waals surface area contributed by atoms with Crippen LogP contribution in [0.1, 0.15) is 33.0 Å². The molecule has 0 aliphatic rings. The van der Waals surface area contributed by atoms with Crippen molar-refractivity contribution < 1.29 is 5.11 Å². The maximum Gasteiger partial charge on any atom is 0.163 e. The molecule has 0 unspecified atom stereocenters. The molecule has 0 bridgehead atoms. The van der Waals surface area contributed by atoms with Gasteiger partial charge in [-0.1, -0.05) is 51.1 Å². The second-order valence-electron chi connectivity index (χ2n) is 7.21. The van der Waals surface area contributed by atoms with E-state index in [1.807, 2.05) is 37.4 Å². The Morgan fingerprint density at radius 3 is 2.43 bits per heavy atom. The van der Waals surface area contributed by atoms with Crippen molar-refractivity contribution in [3.05, 3.63) is 36.2 Å². The predicted octanol–water partition coefficient (Wildman–Crippen LogP) is 2.71. The lowest BCUT2D eigenvalue weighted by atomic mass is 9.96. The van der Waals surface area contributed by atoms with Crippen LogP contribution in [0.15, 0.2) is 30.3 Å². The Kier molecular flexibility index (Phi) is 5.91. The van der Waals surface area contributed by atoms with Crippen LogP contribution >= 0.6 is 0 Å². The monoisotopic (exact) mass is 316 g/mol. The molecule has 1 aromatic carbocycles. The van der Waals surface area contributed by atoms with Crippen molar-refractivity contribution in [2.45, 2.75) is 33.7 Å². The molecule has 0 amide bonds. The Bertz CT molecular complexity index is 601. The minimum atomic E-state index is 0.205. The molecule has 0 aliphatic carbocycles. The van der Waals surface area contributed by atoms with E-state index in [1.165, 1.54) is 0 Å². The molecule has 5 nitrogen and oxygen atoms in total. The molecule has 0 fully saturated rings. The number of nitrogens with zero attached hydrogens (tertiary/aromatic N) is 4. The van der Waals surface area contributed by atoms with Gasteiger partial charge in [-0.2, -0.15) is 0 Å².